The molecular formula is C16H17ClN2OS. The zero-order valence-corrected chi connectivity index (χ0v) is 14.0. The number of hydrogen-bond donors (Lipinski definition) is 0. The number of carbonyl (C=O) groups excluding carboxylic acids is 1. The van der Waals surface area contributed by atoms with Crippen molar-refractivity contribution in [2.45, 2.75) is 43.0 Å². The highest BCUT2D eigenvalue weighted by Gasteiger charge is 2.15. The van der Waals surface area contributed by atoms with Crippen molar-refractivity contribution >= 4 is 29.6 Å². The third kappa shape index (κ3) is 3.83. The molecule has 5 heteroatoms. The summed E-state index contributed by atoms with van der Waals surface area (Å²) in [7, 11) is 0. The molecule has 0 amide bonds. The number of aromatic nitrogens is 2. The lowest BCUT2D eigenvalue weighted by molar-refractivity contribution is 0.112. The van der Waals surface area contributed by atoms with Gasteiger partial charge in [0.2, 0.25) is 0 Å². The van der Waals surface area contributed by atoms with Crippen molar-refractivity contribution in [3.8, 4) is 0 Å². The van der Waals surface area contributed by atoms with E-state index in [2.05, 4.69) is 42.9 Å². The van der Waals surface area contributed by atoms with Crippen LogP contribution in [0.15, 0.2) is 34.2 Å². The van der Waals surface area contributed by atoms with E-state index in [1.54, 1.807) is 6.92 Å². The molecule has 0 aliphatic carbocycles. The lowest BCUT2D eigenvalue weighted by Gasteiger charge is -2.19. The maximum atomic E-state index is 11.2. The van der Waals surface area contributed by atoms with Gasteiger partial charge in [0, 0.05) is 4.90 Å². The molecule has 0 aliphatic heterocycles. The van der Waals surface area contributed by atoms with Crippen LogP contribution in [0.1, 0.15) is 42.5 Å². The zero-order valence-electron chi connectivity index (χ0n) is 12.5. The van der Waals surface area contributed by atoms with Crippen LogP contribution < -0.4 is 0 Å². The van der Waals surface area contributed by atoms with Crippen molar-refractivity contribution in [1.29, 1.82) is 0 Å². The first-order valence-electron chi connectivity index (χ1n) is 6.59. The van der Waals surface area contributed by atoms with E-state index in [1.807, 2.05) is 12.1 Å². The molecule has 1 aromatic heterocycles. The maximum Gasteiger partial charge on any atom is 0.155 e. The van der Waals surface area contributed by atoms with Gasteiger partial charge < -0.3 is 0 Å². The molecule has 21 heavy (non-hydrogen) atoms. The topological polar surface area (TPSA) is 42.9 Å². The van der Waals surface area contributed by atoms with E-state index in [1.165, 1.54) is 17.3 Å². The fourth-order valence-corrected chi connectivity index (χ4v) is 3.07. The summed E-state index contributed by atoms with van der Waals surface area (Å²) in [5.41, 5.74) is 1.72. The standard InChI is InChI=1S/C16H17ClN2OS/c1-10-18-14(17)13(9-20)15(19-10)21-12-7-5-11(6-8-12)16(2,3)4/h5-9H,1-4H3. The monoisotopic (exact) mass is 320 g/mol. The fourth-order valence-electron chi connectivity index (χ4n) is 1.83. The molecule has 0 fully saturated rings. The van der Waals surface area contributed by atoms with E-state index in [9.17, 15) is 4.79 Å². The summed E-state index contributed by atoms with van der Waals surface area (Å²) in [6, 6.07) is 8.26. The zero-order chi connectivity index (χ0) is 15.6. The van der Waals surface area contributed by atoms with Crippen LogP contribution in [0.3, 0.4) is 0 Å². The van der Waals surface area contributed by atoms with Gasteiger partial charge in [-0.1, -0.05) is 56.3 Å². The maximum absolute atomic E-state index is 11.2. The molecular weight excluding hydrogens is 304 g/mol. The summed E-state index contributed by atoms with van der Waals surface area (Å²) in [4.78, 5) is 20.5. The van der Waals surface area contributed by atoms with Gasteiger partial charge in [-0.15, -0.1) is 0 Å². The van der Waals surface area contributed by atoms with Gasteiger partial charge in [0.1, 0.15) is 16.0 Å². The van der Waals surface area contributed by atoms with Crippen molar-refractivity contribution in [2.75, 3.05) is 0 Å². The largest absolute Gasteiger partial charge is 0.298 e. The number of carbonyl (C=O) groups is 1. The van der Waals surface area contributed by atoms with Crippen molar-refractivity contribution in [3.63, 3.8) is 0 Å². The van der Waals surface area contributed by atoms with Gasteiger partial charge in [-0.2, -0.15) is 0 Å². The van der Waals surface area contributed by atoms with E-state index in [0.717, 1.165) is 4.90 Å². The van der Waals surface area contributed by atoms with Crippen LogP contribution in [0.4, 0.5) is 0 Å². The number of rotatable bonds is 3. The van der Waals surface area contributed by atoms with E-state index < -0.39 is 0 Å². The molecule has 0 bridgehead atoms. The predicted molar refractivity (Wildman–Crippen MR) is 86.4 cm³/mol. The van der Waals surface area contributed by atoms with Gasteiger partial charge in [-0.05, 0) is 30.0 Å². The Bertz CT molecular complexity index is 663. The Morgan fingerprint density at radius 2 is 1.76 bits per heavy atom. The Labute approximate surface area is 134 Å². The minimum absolute atomic E-state index is 0.117. The minimum atomic E-state index is 0.117. The van der Waals surface area contributed by atoms with Gasteiger partial charge in [-0.3, -0.25) is 4.79 Å². The molecule has 3 nitrogen and oxygen atoms in total. The van der Waals surface area contributed by atoms with Crippen LogP contribution in [0.25, 0.3) is 0 Å². The molecule has 110 valence electrons. The fraction of sp³-hybridized carbons (Fsp3) is 0.312. The second kappa shape index (κ2) is 6.16. The highest BCUT2D eigenvalue weighted by Crippen LogP contribution is 2.32. The van der Waals surface area contributed by atoms with Crippen LogP contribution >= 0.6 is 23.4 Å². The van der Waals surface area contributed by atoms with Crippen LogP contribution in [0.2, 0.25) is 5.15 Å². The van der Waals surface area contributed by atoms with E-state index in [0.29, 0.717) is 22.7 Å². The second-order valence-electron chi connectivity index (χ2n) is 5.77. The Kier molecular flexibility index (Phi) is 4.69. The summed E-state index contributed by atoms with van der Waals surface area (Å²) < 4.78 is 0. The van der Waals surface area contributed by atoms with Gasteiger partial charge in [-0.25, -0.2) is 9.97 Å². The number of nitrogens with zero attached hydrogens (tertiary/aromatic N) is 2. The number of halogens is 1. The SMILES string of the molecule is Cc1nc(Cl)c(C=O)c(Sc2ccc(C(C)(C)C)cc2)n1. The average molecular weight is 321 g/mol. The van der Waals surface area contributed by atoms with Gasteiger partial charge in [0.05, 0.1) is 5.56 Å². The molecule has 2 aromatic rings. The first-order chi connectivity index (χ1) is 9.81. The smallest absolute Gasteiger partial charge is 0.155 e. The number of aldehydes is 1. The van der Waals surface area contributed by atoms with E-state index >= 15 is 0 Å². The molecule has 1 heterocycles. The summed E-state index contributed by atoms with van der Waals surface area (Å²) in [5, 5.41) is 0.789. The van der Waals surface area contributed by atoms with Crippen LogP contribution in [-0.2, 0) is 5.41 Å². The number of benzene rings is 1. The average Bonchev–Trinajstić information content (AvgIpc) is 2.38. The molecule has 0 unspecified atom stereocenters. The van der Waals surface area contributed by atoms with Gasteiger partial charge >= 0.3 is 0 Å². The Hall–Kier alpha value is -1.39. The molecule has 0 aliphatic rings. The Morgan fingerprint density at radius 1 is 1.14 bits per heavy atom. The minimum Gasteiger partial charge on any atom is -0.298 e. The summed E-state index contributed by atoms with van der Waals surface area (Å²) in [6.07, 6.45) is 0.702. The summed E-state index contributed by atoms with van der Waals surface area (Å²) in [6.45, 7) is 8.28. The quantitative estimate of drug-likeness (QED) is 0.607. The van der Waals surface area contributed by atoms with Crippen molar-refractivity contribution in [3.05, 3.63) is 46.4 Å². The first kappa shape index (κ1) is 16.0. The third-order valence-electron chi connectivity index (χ3n) is 3.03. The van der Waals surface area contributed by atoms with Crippen LogP contribution in [0, 0.1) is 6.92 Å². The summed E-state index contributed by atoms with van der Waals surface area (Å²) in [5.74, 6) is 0.555. The number of hydrogen-bond acceptors (Lipinski definition) is 4. The van der Waals surface area contributed by atoms with E-state index in [-0.39, 0.29) is 10.6 Å². The van der Waals surface area contributed by atoms with Gasteiger partial charge in [0.25, 0.3) is 0 Å². The first-order valence-corrected chi connectivity index (χ1v) is 7.78. The van der Waals surface area contributed by atoms with Crippen LogP contribution in [-0.4, -0.2) is 16.3 Å². The predicted octanol–water partition coefficient (Wildman–Crippen LogP) is 4.70. The van der Waals surface area contributed by atoms with Crippen molar-refractivity contribution < 1.29 is 4.79 Å². The molecule has 0 spiro atoms. The van der Waals surface area contributed by atoms with Crippen molar-refractivity contribution in [1.82, 2.24) is 9.97 Å². The van der Waals surface area contributed by atoms with Crippen LogP contribution in [0.5, 0.6) is 0 Å². The normalized spacial score (nSPS) is 11.5. The highest BCUT2D eigenvalue weighted by molar-refractivity contribution is 7.99. The lowest BCUT2D eigenvalue weighted by atomic mass is 9.87. The molecule has 0 radical (unpaired) electrons. The van der Waals surface area contributed by atoms with Crippen molar-refractivity contribution in [2.24, 2.45) is 0 Å². The lowest BCUT2D eigenvalue weighted by Crippen LogP contribution is -2.10. The molecule has 0 N–H and O–H groups in total. The third-order valence-corrected chi connectivity index (χ3v) is 4.33. The molecule has 2 rings (SSSR count). The van der Waals surface area contributed by atoms with E-state index in [4.69, 9.17) is 11.6 Å². The number of aryl methyl sites for hydroxylation is 1. The summed E-state index contributed by atoms with van der Waals surface area (Å²) >= 11 is 7.41. The molecule has 0 saturated carbocycles. The highest BCUT2D eigenvalue weighted by atomic mass is 35.5. The second-order valence-corrected chi connectivity index (χ2v) is 7.19. The molecule has 1 aromatic carbocycles. The Balaban J connectivity index is 2.32. The van der Waals surface area contributed by atoms with Gasteiger partial charge in [0.15, 0.2) is 6.29 Å². The molecule has 0 saturated heterocycles. The Morgan fingerprint density at radius 3 is 2.29 bits per heavy atom. The molecule has 0 atom stereocenters.